The Bertz CT molecular complexity index is 553. The highest BCUT2D eigenvalue weighted by Gasteiger charge is 1.96. The molecule has 0 spiro atoms. The number of aryl methyl sites for hydroxylation is 1. The number of hydrogen-bond acceptors (Lipinski definition) is 1. The molecule has 0 bridgehead atoms. The van der Waals surface area contributed by atoms with Gasteiger partial charge in [-0.25, -0.2) is 0 Å². The van der Waals surface area contributed by atoms with Crippen LogP contribution in [0.4, 0.5) is 0 Å². The van der Waals surface area contributed by atoms with Crippen LogP contribution in [-0.4, -0.2) is 5.71 Å². The smallest absolute Gasteiger partial charge is 0.0609 e. The van der Waals surface area contributed by atoms with Gasteiger partial charge < -0.3 is 5.41 Å². The summed E-state index contributed by atoms with van der Waals surface area (Å²) in [6.07, 6.45) is 4.81. The van der Waals surface area contributed by atoms with Crippen molar-refractivity contribution in [3.8, 4) is 0 Å². The summed E-state index contributed by atoms with van der Waals surface area (Å²) in [7, 11) is 0. The molecule has 90 valence electrons. The van der Waals surface area contributed by atoms with E-state index in [2.05, 4.69) is 37.3 Å². The van der Waals surface area contributed by atoms with Gasteiger partial charge in [-0.15, -0.1) is 0 Å². The lowest BCUT2D eigenvalue weighted by atomic mass is 10.0. The third-order valence-corrected chi connectivity index (χ3v) is 2.97. The lowest BCUT2D eigenvalue weighted by Gasteiger charge is -2.01. The lowest BCUT2D eigenvalue weighted by Crippen LogP contribution is -1.94. The summed E-state index contributed by atoms with van der Waals surface area (Å²) in [4.78, 5) is 0. The highest BCUT2D eigenvalue weighted by Crippen LogP contribution is 2.08. The monoisotopic (exact) mass is 235 g/mol. The molecule has 18 heavy (non-hydrogen) atoms. The molecule has 0 aliphatic heterocycles. The predicted molar refractivity (Wildman–Crippen MR) is 77.3 cm³/mol. The van der Waals surface area contributed by atoms with Gasteiger partial charge in [0.1, 0.15) is 0 Å². The van der Waals surface area contributed by atoms with E-state index < -0.39 is 0 Å². The van der Waals surface area contributed by atoms with Crippen LogP contribution < -0.4 is 0 Å². The third kappa shape index (κ3) is 3.17. The quantitative estimate of drug-likeness (QED) is 0.769. The zero-order chi connectivity index (χ0) is 12.8. The molecule has 0 unspecified atom stereocenters. The zero-order valence-corrected chi connectivity index (χ0v) is 10.6. The van der Waals surface area contributed by atoms with Gasteiger partial charge in [-0.1, -0.05) is 60.7 Å². The Balaban J connectivity index is 2.01. The molecule has 0 amide bonds. The average Bonchev–Trinajstić information content (AvgIpc) is 2.42. The van der Waals surface area contributed by atoms with Crippen molar-refractivity contribution in [3.63, 3.8) is 0 Å². The number of hydrogen-bond donors (Lipinski definition) is 1. The standard InChI is InChI=1S/C17H17N/c1-14-8-5-6-9-15(14)12-7-13-17(18)16-10-3-2-4-11-16/h2-11,13,18H,12H2,1H3/b13-7-,18-17?. The minimum absolute atomic E-state index is 0.559. The molecule has 0 atom stereocenters. The maximum absolute atomic E-state index is 7.96. The SMILES string of the molecule is Cc1ccccc1C/C=C\C(=N)c1ccccc1. The highest BCUT2D eigenvalue weighted by atomic mass is 14.4. The minimum Gasteiger partial charge on any atom is -0.300 e. The second-order valence-electron chi connectivity index (χ2n) is 4.31. The van der Waals surface area contributed by atoms with E-state index in [0.717, 1.165) is 12.0 Å². The molecule has 0 aliphatic carbocycles. The van der Waals surface area contributed by atoms with Gasteiger partial charge in [-0.3, -0.25) is 0 Å². The number of nitrogens with one attached hydrogen (secondary N) is 1. The van der Waals surface area contributed by atoms with Crippen molar-refractivity contribution >= 4 is 5.71 Å². The fourth-order valence-electron chi connectivity index (χ4n) is 1.86. The van der Waals surface area contributed by atoms with Gasteiger partial charge >= 0.3 is 0 Å². The van der Waals surface area contributed by atoms with Crippen LogP contribution in [0, 0.1) is 12.3 Å². The van der Waals surface area contributed by atoms with Crippen LogP contribution in [0.25, 0.3) is 0 Å². The van der Waals surface area contributed by atoms with Crippen LogP contribution >= 0.6 is 0 Å². The molecule has 1 N–H and O–H groups in total. The summed E-state index contributed by atoms with van der Waals surface area (Å²) in [5, 5.41) is 7.96. The number of benzene rings is 2. The molecule has 0 fully saturated rings. The number of allylic oxidation sites excluding steroid dienone is 2. The van der Waals surface area contributed by atoms with Crippen molar-refractivity contribution in [2.24, 2.45) is 0 Å². The predicted octanol–water partition coefficient (Wildman–Crippen LogP) is 4.16. The molecule has 0 radical (unpaired) electrons. The van der Waals surface area contributed by atoms with Gasteiger partial charge in [0.25, 0.3) is 0 Å². The summed E-state index contributed by atoms with van der Waals surface area (Å²) in [5.74, 6) is 0. The molecule has 0 saturated carbocycles. The fraction of sp³-hybridized carbons (Fsp3) is 0.118. The van der Waals surface area contributed by atoms with E-state index in [1.165, 1.54) is 11.1 Å². The van der Waals surface area contributed by atoms with Gasteiger partial charge in [0.05, 0.1) is 5.71 Å². The van der Waals surface area contributed by atoms with Gasteiger partial charge in [0, 0.05) is 0 Å². The van der Waals surface area contributed by atoms with E-state index in [1.54, 1.807) is 0 Å². The maximum Gasteiger partial charge on any atom is 0.0609 e. The molecule has 0 heterocycles. The molecular formula is C17H17N. The summed E-state index contributed by atoms with van der Waals surface area (Å²) in [5.41, 5.74) is 4.13. The first kappa shape index (κ1) is 12.3. The van der Waals surface area contributed by atoms with E-state index >= 15 is 0 Å². The average molecular weight is 235 g/mol. The first-order valence-corrected chi connectivity index (χ1v) is 6.12. The van der Waals surface area contributed by atoms with Gasteiger partial charge in [0.15, 0.2) is 0 Å². The zero-order valence-electron chi connectivity index (χ0n) is 10.6. The summed E-state index contributed by atoms with van der Waals surface area (Å²) in [6.45, 7) is 2.12. The summed E-state index contributed by atoms with van der Waals surface area (Å²) < 4.78 is 0. The number of rotatable bonds is 4. The fourth-order valence-corrected chi connectivity index (χ4v) is 1.86. The van der Waals surface area contributed by atoms with Gasteiger partial charge in [0.2, 0.25) is 0 Å². The van der Waals surface area contributed by atoms with Crippen LogP contribution in [0.15, 0.2) is 66.7 Å². The van der Waals surface area contributed by atoms with Crippen molar-refractivity contribution in [1.29, 1.82) is 5.41 Å². The molecule has 1 nitrogen and oxygen atoms in total. The first-order chi connectivity index (χ1) is 8.77. The van der Waals surface area contributed by atoms with Crippen molar-refractivity contribution < 1.29 is 0 Å². The Hall–Kier alpha value is -2.15. The van der Waals surface area contributed by atoms with Crippen LogP contribution in [0.5, 0.6) is 0 Å². The van der Waals surface area contributed by atoms with E-state index in [4.69, 9.17) is 5.41 Å². The largest absolute Gasteiger partial charge is 0.300 e. The Morgan fingerprint density at radius 1 is 1.00 bits per heavy atom. The minimum atomic E-state index is 0.559. The normalized spacial score (nSPS) is 10.7. The molecule has 1 heteroatoms. The summed E-state index contributed by atoms with van der Waals surface area (Å²) >= 11 is 0. The van der Waals surface area contributed by atoms with Crippen LogP contribution in [0.1, 0.15) is 16.7 Å². The topological polar surface area (TPSA) is 23.9 Å². The Kier molecular flexibility index (Phi) is 4.08. The van der Waals surface area contributed by atoms with Crippen LogP contribution in [0.2, 0.25) is 0 Å². The van der Waals surface area contributed by atoms with Crippen LogP contribution in [-0.2, 0) is 6.42 Å². The molecular weight excluding hydrogens is 218 g/mol. The highest BCUT2D eigenvalue weighted by molar-refractivity contribution is 6.06. The van der Waals surface area contributed by atoms with Gasteiger partial charge in [-0.05, 0) is 36.1 Å². The van der Waals surface area contributed by atoms with E-state index in [1.807, 2.05) is 36.4 Å². The first-order valence-electron chi connectivity index (χ1n) is 6.12. The maximum atomic E-state index is 7.96. The van der Waals surface area contributed by atoms with Crippen molar-refractivity contribution in [2.45, 2.75) is 13.3 Å². The third-order valence-electron chi connectivity index (χ3n) is 2.97. The van der Waals surface area contributed by atoms with Crippen molar-refractivity contribution in [3.05, 3.63) is 83.4 Å². The van der Waals surface area contributed by atoms with Crippen LogP contribution in [0.3, 0.4) is 0 Å². The molecule has 0 aliphatic rings. The Morgan fingerprint density at radius 3 is 2.39 bits per heavy atom. The van der Waals surface area contributed by atoms with Crippen molar-refractivity contribution in [2.75, 3.05) is 0 Å². The van der Waals surface area contributed by atoms with E-state index in [0.29, 0.717) is 5.71 Å². The Labute approximate surface area is 108 Å². The molecule has 2 aromatic rings. The molecule has 2 rings (SSSR count). The van der Waals surface area contributed by atoms with Gasteiger partial charge in [-0.2, -0.15) is 0 Å². The van der Waals surface area contributed by atoms with Crippen molar-refractivity contribution in [1.82, 2.24) is 0 Å². The lowest BCUT2D eigenvalue weighted by molar-refractivity contribution is 1.21. The molecule has 0 aromatic heterocycles. The second kappa shape index (κ2) is 5.97. The second-order valence-corrected chi connectivity index (χ2v) is 4.31. The van der Waals surface area contributed by atoms with E-state index in [9.17, 15) is 0 Å². The van der Waals surface area contributed by atoms with E-state index in [-0.39, 0.29) is 0 Å². The molecule has 2 aromatic carbocycles. The summed E-state index contributed by atoms with van der Waals surface area (Å²) in [6, 6.07) is 18.2. The Morgan fingerprint density at radius 2 is 1.67 bits per heavy atom. The molecule has 0 saturated heterocycles.